The second kappa shape index (κ2) is 5.26. The van der Waals surface area contributed by atoms with Gasteiger partial charge in [0.2, 0.25) is 5.89 Å². The van der Waals surface area contributed by atoms with E-state index < -0.39 is 0 Å². The first-order chi connectivity index (χ1) is 10.2. The van der Waals surface area contributed by atoms with Gasteiger partial charge in [0, 0.05) is 11.1 Å². The molecular weight excluding hydrogens is 270 g/mol. The molecule has 6 heteroatoms. The summed E-state index contributed by atoms with van der Waals surface area (Å²) in [5.74, 6) is 5.99. The number of hydrazine groups is 1. The van der Waals surface area contributed by atoms with Crippen LogP contribution in [0.25, 0.3) is 22.6 Å². The quantitative estimate of drug-likeness (QED) is 0.436. The van der Waals surface area contributed by atoms with Crippen LogP contribution in [0.5, 0.6) is 5.75 Å². The summed E-state index contributed by atoms with van der Waals surface area (Å²) in [7, 11) is 1.61. The Bertz CT molecular complexity index is 794. The topological polar surface area (TPSA) is 90.4 Å². The number of hydrogen-bond donors (Lipinski definition) is 2. The van der Waals surface area contributed by atoms with Gasteiger partial charge in [-0.15, -0.1) is 0 Å². The zero-order valence-corrected chi connectivity index (χ0v) is 11.3. The maximum atomic E-state index is 11.5. The predicted molar refractivity (Wildman–Crippen MR) is 77.7 cm³/mol. The Balaban J connectivity index is 2.01. The molecule has 2 aromatic carbocycles. The fraction of sp³-hybridized carbons (Fsp3) is 0.0667. The van der Waals surface area contributed by atoms with Gasteiger partial charge in [0.25, 0.3) is 5.91 Å². The molecule has 0 unspecified atom stereocenters. The number of carbonyl (C=O) groups excluding carboxylic acids is 1. The van der Waals surface area contributed by atoms with Crippen LogP contribution in [0.4, 0.5) is 0 Å². The number of aromatic nitrogens is 1. The Hall–Kier alpha value is -2.86. The summed E-state index contributed by atoms with van der Waals surface area (Å²) in [5.41, 5.74) is 4.55. The summed E-state index contributed by atoms with van der Waals surface area (Å²) in [6.07, 6.45) is 0. The SMILES string of the molecule is COc1ccc(-c2nc3cc(C(=O)NN)ccc3o2)cc1. The number of benzene rings is 2. The summed E-state index contributed by atoms with van der Waals surface area (Å²) in [6, 6.07) is 12.3. The van der Waals surface area contributed by atoms with Crippen LogP contribution >= 0.6 is 0 Å². The van der Waals surface area contributed by atoms with Gasteiger partial charge in [0.15, 0.2) is 5.58 Å². The number of methoxy groups -OCH3 is 1. The third kappa shape index (κ3) is 2.44. The van der Waals surface area contributed by atoms with Crippen molar-refractivity contribution in [3.8, 4) is 17.2 Å². The molecule has 0 bridgehead atoms. The number of hydrogen-bond acceptors (Lipinski definition) is 5. The van der Waals surface area contributed by atoms with Gasteiger partial charge in [0.05, 0.1) is 7.11 Å². The molecule has 6 nitrogen and oxygen atoms in total. The molecule has 0 fully saturated rings. The van der Waals surface area contributed by atoms with Crippen molar-refractivity contribution in [2.24, 2.45) is 5.84 Å². The lowest BCUT2D eigenvalue weighted by Crippen LogP contribution is -2.29. The van der Waals surface area contributed by atoms with E-state index in [-0.39, 0.29) is 5.91 Å². The van der Waals surface area contributed by atoms with Crippen molar-refractivity contribution >= 4 is 17.0 Å². The maximum Gasteiger partial charge on any atom is 0.265 e. The predicted octanol–water partition coefficient (Wildman–Crippen LogP) is 2.11. The third-order valence-electron chi connectivity index (χ3n) is 3.12. The minimum absolute atomic E-state index is 0.370. The van der Waals surface area contributed by atoms with E-state index in [0.717, 1.165) is 11.3 Å². The first-order valence-corrected chi connectivity index (χ1v) is 6.27. The summed E-state index contributed by atoms with van der Waals surface area (Å²) >= 11 is 0. The molecule has 1 heterocycles. The normalized spacial score (nSPS) is 10.6. The highest BCUT2D eigenvalue weighted by atomic mass is 16.5. The lowest BCUT2D eigenvalue weighted by Gasteiger charge is -1.99. The average Bonchev–Trinajstić information content (AvgIpc) is 2.97. The molecule has 3 N–H and O–H groups in total. The van der Waals surface area contributed by atoms with Crippen molar-refractivity contribution in [2.45, 2.75) is 0 Å². The number of nitrogen functional groups attached to an aromatic ring is 1. The van der Waals surface area contributed by atoms with E-state index in [0.29, 0.717) is 22.6 Å². The van der Waals surface area contributed by atoms with Crippen LogP contribution in [0, 0.1) is 0 Å². The standard InChI is InChI=1S/C15H13N3O3/c1-20-11-5-2-9(3-6-11)15-17-12-8-10(14(19)18-16)4-7-13(12)21-15/h2-8H,16H2,1H3,(H,18,19). The van der Waals surface area contributed by atoms with Crippen LogP contribution in [0.1, 0.15) is 10.4 Å². The van der Waals surface area contributed by atoms with Gasteiger partial charge in [-0.05, 0) is 42.5 Å². The zero-order chi connectivity index (χ0) is 14.8. The molecule has 21 heavy (non-hydrogen) atoms. The molecule has 106 valence electrons. The third-order valence-corrected chi connectivity index (χ3v) is 3.12. The second-order valence-corrected chi connectivity index (χ2v) is 4.40. The molecule has 3 rings (SSSR count). The van der Waals surface area contributed by atoms with Crippen molar-refractivity contribution in [1.29, 1.82) is 0 Å². The lowest BCUT2D eigenvalue weighted by atomic mass is 10.2. The van der Waals surface area contributed by atoms with Gasteiger partial charge in [-0.2, -0.15) is 0 Å². The number of carbonyl (C=O) groups is 1. The highest BCUT2D eigenvalue weighted by Crippen LogP contribution is 2.26. The molecular formula is C15H13N3O3. The van der Waals surface area contributed by atoms with Crippen LogP contribution in [0.2, 0.25) is 0 Å². The molecule has 0 spiro atoms. The molecule has 3 aromatic rings. The van der Waals surface area contributed by atoms with E-state index in [2.05, 4.69) is 10.4 Å². The monoisotopic (exact) mass is 283 g/mol. The molecule has 0 aliphatic heterocycles. The van der Waals surface area contributed by atoms with Crippen LogP contribution in [-0.2, 0) is 0 Å². The Morgan fingerprint density at radius 1 is 1.24 bits per heavy atom. The number of fused-ring (bicyclic) bond motifs is 1. The summed E-state index contributed by atoms with van der Waals surface area (Å²) in [4.78, 5) is 15.9. The lowest BCUT2D eigenvalue weighted by molar-refractivity contribution is 0.0954. The zero-order valence-electron chi connectivity index (χ0n) is 11.3. The summed E-state index contributed by atoms with van der Waals surface area (Å²) < 4.78 is 10.8. The molecule has 1 amide bonds. The van der Waals surface area contributed by atoms with Gasteiger partial charge in [-0.3, -0.25) is 10.2 Å². The number of nitrogens with two attached hydrogens (primary N) is 1. The van der Waals surface area contributed by atoms with Crippen LogP contribution in [0.3, 0.4) is 0 Å². The highest BCUT2D eigenvalue weighted by molar-refractivity contribution is 5.96. The maximum absolute atomic E-state index is 11.5. The molecule has 0 aliphatic rings. The Kier molecular flexibility index (Phi) is 3.29. The van der Waals surface area contributed by atoms with E-state index >= 15 is 0 Å². The number of nitrogens with one attached hydrogen (secondary N) is 1. The number of amides is 1. The van der Waals surface area contributed by atoms with E-state index in [1.54, 1.807) is 25.3 Å². The Morgan fingerprint density at radius 2 is 2.00 bits per heavy atom. The molecule has 1 aromatic heterocycles. The van der Waals surface area contributed by atoms with Crippen molar-refractivity contribution in [1.82, 2.24) is 10.4 Å². The van der Waals surface area contributed by atoms with Crippen LogP contribution < -0.4 is 16.0 Å². The van der Waals surface area contributed by atoms with Crippen LogP contribution in [0.15, 0.2) is 46.9 Å². The van der Waals surface area contributed by atoms with E-state index in [1.165, 1.54) is 0 Å². The first-order valence-electron chi connectivity index (χ1n) is 6.27. The molecule has 0 saturated carbocycles. The number of ether oxygens (including phenoxy) is 1. The number of nitrogens with zero attached hydrogens (tertiary/aromatic N) is 1. The van der Waals surface area contributed by atoms with Gasteiger partial charge < -0.3 is 9.15 Å². The van der Waals surface area contributed by atoms with Gasteiger partial charge >= 0.3 is 0 Å². The minimum Gasteiger partial charge on any atom is -0.497 e. The average molecular weight is 283 g/mol. The van der Waals surface area contributed by atoms with E-state index in [9.17, 15) is 4.79 Å². The van der Waals surface area contributed by atoms with Crippen molar-refractivity contribution in [3.05, 3.63) is 48.0 Å². The van der Waals surface area contributed by atoms with E-state index in [4.69, 9.17) is 15.0 Å². The molecule has 0 atom stereocenters. The number of rotatable bonds is 3. The first kappa shape index (κ1) is 13.1. The number of oxazole rings is 1. The molecule has 0 saturated heterocycles. The van der Waals surface area contributed by atoms with Gasteiger partial charge in [-0.1, -0.05) is 0 Å². The summed E-state index contributed by atoms with van der Waals surface area (Å²) in [5, 5.41) is 0. The fourth-order valence-electron chi connectivity index (χ4n) is 2.01. The van der Waals surface area contributed by atoms with E-state index in [1.807, 2.05) is 24.3 Å². The molecule has 0 radical (unpaired) electrons. The van der Waals surface area contributed by atoms with Gasteiger partial charge in [0.1, 0.15) is 11.3 Å². The largest absolute Gasteiger partial charge is 0.497 e. The second-order valence-electron chi connectivity index (χ2n) is 4.40. The smallest absolute Gasteiger partial charge is 0.265 e. The van der Waals surface area contributed by atoms with Crippen molar-refractivity contribution in [2.75, 3.05) is 7.11 Å². The molecule has 0 aliphatic carbocycles. The Morgan fingerprint density at radius 3 is 2.67 bits per heavy atom. The minimum atomic E-state index is -0.370. The van der Waals surface area contributed by atoms with Gasteiger partial charge in [-0.25, -0.2) is 10.8 Å². The fourth-order valence-corrected chi connectivity index (χ4v) is 2.01. The van der Waals surface area contributed by atoms with Crippen molar-refractivity contribution < 1.29 is 13.9 Å². The van der Waals surface area contributed by atoms with Crippen molar-refractivity contribution in [3.63, 3.8) is 0 Å². The Labute approximate surface area is 120 Å². The summed E-state index contributed by atoms with van der Waals surface area (Å²) in [6.45, 7) is 0. The highest BCUT2D eigenvalue weighted by Gasteiger charge is 2.11. The van der Waals surface area contributed by atoms with Crippen LogP contribution in [-0.4, -0.2) is 18.0 Å².